The lowest BCUT2D eigenvalue weighted by atomic mass is 9.89. The highest BCUT2D eigenvalue weighted by molar-refractivity contribution is 7.99. The van der Waals surface area contributed by atoms with Crippen LogP contribution < -0.4 is 4.74 Å². The molecule has 2 aromatic heterocycles. The molecule has 4 rings (SSSR count). The number of carbonyl (C=O) groups is 2. The molecule has 1 aliphatic rings. The number of benzene rings is 1. The molecule has 3 aromatic rings. The van der Waals surface area contributed by atoms with Crippen LogP contribution in [0.25, 0.3) is 11.1 Å². The quantitative estimate of drug-likeness (QED) is 0.276. The highest BCUT2D eigenvalue weighted by atomic mass is 32.2. The van der Waals surface area contributed by atoms with Crippen LogP contribution in [0.1, 0.15) is 34.8 Å². The van der Waals surface area contributed by atoms with E-state index in [1.54, 1.807) is 41.6 Å². The molecular weight excluding hydrogens is 471 g/mol. The predicted molar refractivity (Wildman–Crippen MR) is 129 cm³/mol. The third-order valence-electron chi connectivity index (χ3n) is 5.79. The zero-order valence-electron chi connectivity index (χ0n) is 19.4. The van der Waals surface area contributed by atoms with Gasteiger partial charge in [0.05, 0.1) is 25.7 Å². The number of rotatable bonds is 7. The topological polar surface area (TPSA) is 94.5 Å². The van der Waals surface area contributed by atoms with E-state index in [0.717, 1.165) is 29.7 Å². The molecule has 182 valence electrons. The van der Waals surface area contributed by atoms with Crippen LogP contribution in [0.15, 0.2) is 53.9 Å². The van der Waals surface area contributed by atoms with Gasteiger partial charge in [0.1, 0.15) is 11.4 Å². The number of nitrogens with zero attached hydrogens (tertiary/aromatic N) is 4. The zero-order valence-corrected chi connectivity index (χ0v) is 20.3. The van der Waals surface area contributed by atoms with Crippen molar-refractivity contribution >= 4 is 23.6 Å². The summed E-state index contributed by atoms with van der Waals surface area (Å²) in [5.41, 5.74) is 2.72. The first-order valence-corrected chi connectivity index (χ1v) is 12.1. The van der Waals surface area contributed by atoms with E-state index in [2.05, 4.69) is 9.97 Å². The van der Waals surface area contributed by atoms with Gasteiger partial charge < -0.3 is 14.4 Å². The summed E-state index contributed by atoms with van der Waals surface area (Å²) in [7, 11) is 2.82. The third kappa shape index (κ3) is 5.76. The van der Waals surface area contributed by atoms with E-state index < -0.39 is 0 Å². The van der Waals surface area contributed by atoms with Gasteiger partial charge in [-0.3, -0.25) is 9.59 Å². The molecule has 10 heteroatoms. The van der Waals surface area contributed by atoms with Gasteiger partial charge in [-0.1, -0.05) is 23.9 Å². The van der Waals surface area contributed by atoms with Crippen molar-refractivity contribution in [3.63, 3.8) is 0 Å². The minimum atomic E-state index is -0.373. The molecule has 0 radical (unpaired) electrons. The van der Waals surface area contributed by atoms with E-state index in [1.165, 1.54) is 38.1 Å². The molecule has 0 saturated carbocycles. The summed E-state index contributed by atoms with van der Waals surface area (Å²) in [5.74, 6) is -0.561. The van der Waals surface area contributed by atoms with Crippen molar-refractivity contribution in [1.29, 1.82) is 0 Å². The monoisotopic (exact) mass is 496 g/mol. The standard InChI is InChI=1S/C25H25FN4O4S/c1-33-21(31)15-35-25-28-13-20(16-7-9-18(26)10-8-16)22(29-25)17-5-4-12-30(14-17)24(32)19-6-3-11-27-23(19)34-2/h3,6-11,13,17H,4-5,12,14-15H2,1-2H3/t17-/m1/s1. The lowest BCUT2D eigenvalue weighted by Gasteiger charge is -2.33. The largest absolute Gasteiger partial charge is 0.480 e. The Kier molecular flexibility index (Phi) is 7.91. The summed E-state index contributed by atoms with van der Waals surface area (Å²) >= 11 is 1.18. The van der Waals surface area contributed by atoms with Crippen LogP contribution in [-0.4, -0.2) is 64.8 Å². The van der Waals surface area contributed by atoms with Crippen molar-refractivity contribution < 1.29 is 23.5 Å². The zero-order chi connectivity index (χ0) is 24.8. The second kappa shape index (κ2) is 11.3. The minimum absolute atomic E-state index is 0.0732. The highest BCUT2D eigenvalue weighted by Crippen LogP contribution is 2.35. The van der Waals surface area contributed by atoms with Crippen LogP contribution in [-0.2, 0) is 9.53 Å². The Balaban J connectivity index is 1.65. The Morgan fingerprint density at radius 2 is 1.97 bits per heavy atom. The average Bonchev–Trinajstić information content (AvgIpc) is 2.91. The molecule has 1 aliphatic heterocycles. The number of thioether (sulfide) groups is 1. The van der Waals surface area contributed by atoms with Crippen LogP contribution in [0.3, 0.4) is 0 Å². The van der Waals surface area contributed by atoms with E-state index in [9.17, 15) is 14.0 Å². The van der Waals surface area contributed by atoms with Gasteiger partial charge in [0.25, 0.3) is 5.91 Å². The number of halogens is 1. The summed E-state index contributed by atoms with van der Waals surface area (Å²) in [6.07, 6.45) is 4.88. The van der Waals surface area contributed by atoms with Crippen LogP contribution in [0.5, 0.6) is 5.88 Å². The van der Waals surface area contributed by atoms with Crippen LogP contribution >= 0.6 is 11.8 Å². The number of likely N-dealkylation sites (tertiary alicyclic amines) is 1. The number of methoxy groups -OCH3 is 2. The normalized spacial score (nSPS) is 15.5. The Morgan fingerprint density at radius 1 is 1.17 bits per heavy atom. The van der Waals surface area contributed by atoms with E-state index in [1.807, 2.05) is 0 Å². The number of hydrogen-bond acceptors (Lipinski definition) is 8. The number of hydrogen-bond donors (Lipinski definition) is 0. The van der Waals surface area contributed by atoms with Gasteiger partial charge in [-0.15, -0.1) is 0 Å². The highest BCUT2D eigenvalue weighted by Gasteiger charge is 2.30. The van der Waals surface area contributed by atoms with Crippen molar-refractivity contribution in [1.82, 2.24) is 19.9 Å². The number of esters is 1. The summed E-state index contributed by atoms with van der Waals surface area (Å²) in [6, 6.07) is 9.57. The minimum Gasteiger partial charge on any atom is -0.480 e. The first kappa shape index (κ1) is 24.6. The lowest BCUT2D eigenvalue weighted by Crippen LogP contribution is -2.39. The smallest absolute Gasteiger partial charge is 0.316 e. The number of piperidine rings is 1. The number of pyridine rings is 1. The van der Waals surface area contributed by atoms with Gasteiger partial charge in [-0.25, -0.2) is 19.3 Å². The first-order chi connectivity index (χ1) is 17.0. The summed E-state index contributed by atoms with van der Waals surface area (Å²) in [5, 5.41) is 0.439. The predicted octanol–water partition coefficient (Wildman–Crippen LogP) is 3.97. The molecule has 1 aromatic carbocycles. The van der Waals surface area contributed by atoms with Gasteiger partial charge in [-0.2, -0.15) is 0 Å². The number of aromatic nitrogens is 3. The molecule has 0 N–H and O–H groups in total. The molecule has 1 fully saturated rings. The van der Waals surface area contributed by atoms with E-state index in [-0.39, 0.29) is 35.2 Å². The van der Waals surface area contributed by atoms with Crippen molar-refractivity contribution in [2.75, 3.05) is 33.1 Å². The molecule has 1 saturated heterocycles. The maximum Gasteiger partial charge on any atom is 0.316 e. The van der Waals surface area contributed by atoms with Gasteiger partial charge in [0.2, 0.25) is 5.88 Å². The third-order valence-corrected chi connectivity index (χ3v) is 6.62. The van der Waals surface area contributed by atoms with E-state index >= 15 is 0 Å². The van der Waals surface area contributed by atoms with Crippen LogP contribution in [0, 0.1) is 5.82 Å². The fourth-order valence-corrected chi connectivity index (χ4v) is 4.72. The fourth-order valence-electron chi connectivity index (χ4n) is 4.06. The average molecular weight is 497 g/mol. The summed E-state index contributed by atoms with van der Waals surface area (Å²) in [6.45, 7) is 1.05. The molecule has 0 bridgehead atoms. The molecule has 3 heterocycles. The van der Waals surface area contributed by atoms with Gasteiger partial charge >= 0.3 is 5.97 Å². The van der Waals surface area contributed by atoms with Gasteiger partial charge in [-0.05, 0) is 42.7 Å². The van der Waals surface area contributed by atoms with Crippen LogP contribution in [0.2, 0.25) is 0 Å². The van der Waals surface area contributed by atoms with Crippen molar-refractivity contribution in [2.45, 2.75) is 23.9 Å². The lowest BCUT2D eigenvalue weighted by molar-refractivity contribution is -0.137. The van der Waals surface area contributed by atoms with E-state index in [4.69, 9.17) is 14.5 Å². The molecule has 35 heavy (non-hydrogen) atoms. The molecular formula is C25H25FN4O4S. The van der Waals surface area contributed by atoms with Crippen LogP contribution in [0.4, 0.5) is 4.39 Å². The molecule has 8 nitrogen and oxygen atoms in total. The molecule has 0 unspecified atom stereocenters. The van der Waals surface area contributed by atoms with Gasteiger partial charge in [0, 0.05) is 37.0 Å². The first-order valence-electron chi connectivity index (χ1n) is 11.1. The molecule has 1 atom stereocenters. The summed E-state index contributed by atoms with van der Waals surface area (Å²) in [4.78, 5) is 40.0. The second-order valence-electron chi connectivity index (χ2n) is 7.97. The Hall–Kier alpha value is -3.53. The molecule has 0 aliphatic carbocycles. The van der Waals surface area contributed by atoms with Crippen molar-refractivity contribution in [3.8, 4) is 17.0 Å². The SMILES string of the molecule is COC(=O)CSc1ncc(-c2ccc(F)cc2)c([C@@H]2CCCN(C(=O)c3cccnc3OC)C2)n1. The number of carbonyl (C=O) groups excluding carboxylic acids is 2. The molecule has 1 amide bonds. The Morgan fingerprint density at radius 3 is 2.71 bits per heavy atom. The number of ether oxygens (including phenoxy) is 2. The Labute approximate surface area is 206 Å². The molecule has 0 spiro atoms. The fraction of sp³-hybridized carbons (Fsp3) is 0.320. The van der Waals surface area contributed by atoms with Gasteiger partial charge in [0.15, 0.2) is 5.16 Å². The van der Waals surface area contributed by atoms with E-state index in [0.29, 0.717) is 23.8 Å². The number of amides is 1. The maximum absolute atomic E-state index is 13.6. The van der Waals surface area contributed by atoms with Crippen molar-refractivity contribution in [2.24, 2.45) is 0 Å². The second-order valence-corrected chi connectivity index (χ2v) is 8.92. The maximum atomic E-state index is 13.6. The summed E-state index contributed by atoms with van der Waals surface area (Å²) < 4.78 is 23.5. The Bertz CT molecular complexity index is 1210. The van der Waals surface area contributed by atoms with Crippen molar-refractivity contribution in [3.05, 3.63) is 65.9 Å².